The van der Waals surface area contributed by atoms with Gasteiger partial charge in [-0.25, -0.2) is 8.78 Å². The van der Waals surface area contributed by atoms with Gasteiger partial charge in [-0.2, -0.15) is 0 Å². The summed E-state index contributed by atoms with van der Waals surface area (Å²) < 4.78 is 33.5. The van der Waals surface area contributed by atoms with Gasteiger partial charge in [0.2, 0.25) is 5.91 Å². The lowest BCUT2D eigenvalue weighted by molar-refractivity contribution is -0.200. The molecule has 144 valence electrons. The smallest absolute Gasteiger partial charge is 0.244 e. The minimum Gasteiger partial charge on any atom is -0.367 e. The third-order valence-corrected chi connectivity index (χ3v) is 5.75. The van der Waals surface area contributed by atoms with E-state index < -0.39 is 28.1 Å². The number of nitrogens with zero attached hydrogens (tertiary/aromatic N) is 2. The first kappa shape index (κ1) is 21.4. The van der Waals surface area contributed by atoms with E-state index >= 15 is 0 Å². The van der Waals surface area contributed by atoms with Crippen LogP contribution in [0.1, 0.15) is 32.3 Å². The van der Waals surface area contributed by atoms with Crippen molar-refractivity contribution >= 4 is 29.4 Å². The van der Waals surface area contributed by atoms with Crippen LogP contribution in [-0.2, 0) is 16.0 Å². The lowest BCUT2D eigenvalue weighted by Gasteiger charge is -2.54. The number of carbonyl (C=O) groups excluding carboxylic acids is 1. The number of amides is 1. The lowest BCUT2D eigenvalue weighted by Crippen LogP contribution is -2.68. The Kier molecular flexibility index (Phi) is 5.72. The number of hydrogen-bond donors (Lipinski definition) is 0. The number of halogens is 2. The van der Waals surface area contributed by atoms with Gasteiger partial charge < -0.3 is 14.5 Å². The van der Waals surface area contributed by atoms with Crippen LogP contribution >= 0.6 is 0 Å². The van der Waals surface area contributed by atoms with Crippen molar-refractivity contribution in [1.29, 1.82) is 0 Å². The van der Waals surface area contributed by atoms with Crippen LogP contribution in [0.25, 0.3) is 0 Å². The fourth-order valence-electron chi connectivity index (χ4n) is 4.20. The second kappa shape index (κ2) is 7.49. The van der Waals surface area contributed by atoms with E-state index in [1.165, 1.54) is 0 Å². The van der Waals surface area contributed by atoms with Crippen molar-refractivity contribution in [2.75, 3.05) is 26.2 Å². The van der Waals surface area contributed by atoms with Gasteiger partial charge in [0.25, 0.3) is 0 Å². The normalized spacial score (nSPS) is 26.0. The molecule has 0 N–H and O–H groups in total. The van der Waals surface area contributed by atoms with Crippen molar-refractivity contribution < 1.29 is 18.3 Å². The van der Waals surface area contributed by atoms with Gasteiger partial charge in [0.1, 0.15) is 25.0 Å². The van der Waals surface area contributed by atoms with Gasteiger partial charge in [-0.15, -0.1) is 0 Å². The molecule has 1 aromatic carbocycles. The molecule has 0 bridgehead atoms. The minimum absolute atomic E-state index is 0.0291. The highest BCUT2D eigenvalue weighted by Crippen LogP contribution is 2.37. The molecule has 2 fully saturated rings. The van der Waals surface area contributed by atoms with E-state index in [2.05, 4.69) is 0 Å². The van der Waals surface area contributed by atoms with E-state index in [1.807, 2.05) is 11.8 Å². The number of likely N-dealkylation sites (N-methyl/N-ethyl adjacent to an activating group) is 1. The Labute approximate surface area is 169 Å². The summed E-state index contributed by atoms with van der Waals surface area (Å²) in [5.41, 5.74) is -1.80. The van der Waals surface area contributed by atoms with Crippen molar-refractivity contribution in [2.45, 2.75) is 49.5 Å². The molecular weight excluding hydrogens is 359 g/mol. The number of ether oxygens (including phenoxy) is 1. The topological polar surface area (TPSA) is 32.8 Å². The molecule has 3 rings (SSSR count). The van der Waals surface area contributed by atoms with Crippen LogP contribution in [0.2, 0.25) is 0 Å². The van der Waals surface area contributed by atoms with E-state index in [4.69, 9.17) is 28.3 Å². The molecule has 1 atom stereocenters. The van der Waals surface area contributed by atoms with Crippen LogP contribution in [0.3, 0.4) is 0 Å². The zero-order valence-electron chi connectivity index (χ0n) is 16.4. The van der Waals surface area contributed by atoms with Gasteiger partial charge in [-0.3, -0.25) is 4.79 Å². The average molecular weight is 382 g/mol. The standard InChI is InChI=1S/C19H23B3F2N2O2/c1-3-25-12-18(28-17(2,20)16(25)27)6-8-26(9-7-18)19(21,22)11-13-10-14(23)4-5-15(13)24/h4-5,10H,3,6-9,11-12H2,1-2H3. The van der Waals surface area contributed by atoms with Crippen LogP contribution in [-0.4, -0.2) is 81.9 Å². The predicted molar refractivity (Wildman–Crippen MR) is 105 cm³/mol. The maximum absolute atomic E-state index is 14.0. The fraction of sp³-hybridized carbons (Fsp3) is 0.632. The first-order valence-electron chi connectivity index (χ1n) is 9.53. The first-order valence-corrected chi connectivity index (χ1v) is 9.53. The maximum Gasteiger partial charge on any atom is 0.244 e. The predicted octanol–water partition coefficient (Wildman–Crippen LogP) is 1.10. The summed E-state index contributed by atoms with van der Waals surface area (Å²) in [6, 6.07) is 3.24. The Bertz CT molecular complexity index is 753. The Morgan fingerprint density at radius 2 is 1.89 bits per heavy atom. The third kappa shape index (κ3) is 4.15. The zero-order chi connectivity index (χ0) is 20.7. The highest BCUT2D eigenvalue weighted by molar-refractivity contribution is 6.40. The van der Waals surface area contributed by atoms with Crippen molar-refractivity contribution in [3.8, 4) is 0 Å². The number of piperidine rings is 1. The van der Waals surface area contributed by atoms with E-state index in [0.717, 1.165) is 18.2 Å². The maximum atomic E-state index is 14.0. The molecule has 1 spiro atoms. The van der Waals surface area contributed by atoms with Crippen molar-refractivity contribution in [1.82, 2.24) is 9.80 Å². The van der Waals surface area contributed by atoms with Crippen molar-refractivity contribution in [3.05, 3.63) is 35.4 Å². The minimum atomic E-state index is -1.37. The van der Waals surface area contributed by atoms with Crippen LogP contribution < -0.4 is 0 Å². The van der Waals surface area contributed by atoms with Gasteiger partial charge in [0.15, 0.2) is 0 Å². The molecule has 2 aliphatic rings. The van der Waals surface area contributed by atoms with Crippen molar-refractivity contribution in [3.63, 3.8) is 0 Å². The molecule has 2 saturated heterocycles. The second-order valence-electron chi connectivity index (χ2n) is 8.10. The van der Waals surface area contributed by atoms with E-state index in [-0.39, 0.29) is 17.9 Å². The third-order valence-electron chi connectivity index (χ3n) is 5.75. The van der Waals surface area contributed by atoms with Gasteiger partial charge in [-0.1, -0.05) is 0 Å². The summed E-state index contributed by atoms with van der Waals surface area (Å²) in [6.07, 6.45) is 1.12. The molecule has 4 nitrogen and oxygen atoms in total. The van der Waals surface area contributed by atoms with Crippen LogP contribution in [0.15, 0.2) is 18.2 Å². The quantitative estimate of drug-likeness (QED) is 0.732. The number of benzene rings is 1. The van der Waals surface area contributed by atoms with Gasteiger partial charge in [-0.05, 0) is 75.3 Å². The molecule has 0 aromatic heterocycles. The summed E-state index contributed by atoms with van der Waals surface area (Å²) in [5.74, 6) is -1.30. The Morgan fingerprint density at radius 1 is 1.25 bits per heavy atom. The molecule has 6 radical (unpaired) electrons. The molecule has 28 heavy (non-hydrogen) atoms. The van der Waals surface area contributed by atoms with Crippen LogP contribution in [0.5, 0.6) is 0 Å². The summed E-state index contributed by atoms with van der Waals surface area (Å²) >= 11 is 0. The largest absolute Gasteiger partial charge is 0.367 e. The molecule has 0 aliphatic carbocycles. The monoisotopic (exact) mass is 382 g/mol. The molecule has 2 aliphatic heterocycles. The van der Waals surface area contributed by atoms with Crippen LogP contribution in [0, 0.1) is 11.6 Å². The number of likely N-dealkylation sites (tertiary alicyclic amines) is 1. The summed E-state index contributed by atoms with van der Waals surface area (Å²) in [4.78, 5) is 15.9. The molecule has 9 heteroatoms. The van der Waals surface area contributed by atoms with Crippen molar-refractivity contribution in [2.24, 2.45) is 0 Å². The highest BCUT2D eigenvalue weighted by Gasteiger charge is 2.50. The number of morpholine rings is 1. The average Bonchev–Trinajstić information content (AvgIpc) is 2.61. The first-order chi connectivity index (χ1) is 13.0. The summed E-state index contributed by atoms with van der Waals surface area (Å²) in [5, 5.41) is -1.34. The van der Waals surface area contributed by atoms with Gasteiger partial charge in [0, 0.05) is 13.1 Å². The number of carbonyl (C=O) groups is 1. The van der Waals surface area contributed by atoms with E-state index in [1.54, 1.807) is 11.8 Å². The second-order valence-corrected chi connectivity index (χ2v) is 8.10. The summed E-state index contributed by atoms with van der Waals surface area (Å²) in [6.45, 7) is 5.48. The summed E-state index contributed by atoms with van der Waals surface area (Å²) in [7, 11) is 18.6. The number of hydrogen-bond acceptors (Lipinski definition) is 3. The lowest BCUT2D eigenvalue weighted by atomic mass is 9.57. The zero-order valence-corrected chi connectivity index (χ0v) is 16.4. The van der Waals surface area contributed by atoms with Gasteiger partial charge in [0.05, 0.1) is 21.3 Å². The van der Waals surface area contributed by atoms with E-state index in [0.29, 0.717) is 39.0 Å². The molecule has 1 aromatic rings. The SMILES string of the molecule is [B]C1(C)OC2(CCN(C([B])([B])Cc3cc(F)ccc3F)CC2)CN(CC)C1=O. The molecule has 1 amide bonds. The molecule has 1 unspecified atom stereocenters. The molecule has 2 heterocycles. The Balaban J connectivity index is 1.70. The van der Waals surface area contributed by atoms with Gasteiger partial charge >= 0.3 is 0 Å². The molecular formula is C19H23B3F2N2O2. The highest BCUT2D eigenvalue weighted by atomic mass is 19.1. The Morgan fingerprint density at radius 3 is 2.50 bits per heavy atom. The fourth-order valence-corrected chi connectivity index (χ4v) is 4.20. The number of rotatable bonds is 4. The van der Waals surface area contributed by atoms with Crippen LogP contribution in [0.4, 0.5) is 8.78 Å². The Hall–Kier alpha value is -1.34. The molecule has 0 saturated carbocycles. The van der Waals surface area contributed by atoms with E-state index in [9.17, 15) is 13.6 Å².